The van der Waals surface area contributed by atoms with E-state index in [4.69, 9.17) is 5.11 Å². The molecule has 1 aliphatic heterocycles. The number of piperazine rings is 1. The Morgan fingerprint density at radius 3 is 2.30 bits per heavy atom. The quantitative estimate of drug-likeness (QED) is 0.826. The van der Waals surface area contributed by atoms with Gasteiger partial charge in [0.05, 0.1) is 6.61 Å². The van der Waals surface area contributed by atoms with E-state index in [1.54, 1.807) is 0 Å². The lowest BCUT2D eigenvalue weighted by atomic mass is 10.0. The van der Waals surface area contributed by atoms with Crippen LogP contribution in [-0.2, 0) is 0 Å². The summed E-state index contributed by atoms with van der Waals surface area (Å²) in [6, 6.07) is 9.39. The van der Waals surface area contributed by atoms with E-state index < -0.39 is 0 Å². The highest BCUT2D eigenvalue weighted by molar-refractivity contribution is 5.48. The number of aliphatic hydroxyl groups excluding tert-OH is 1. The largest absolute Gasteiger partial charge is 0.395 e. The highest BCUT2D eigenvalue weighted by Gasteiger charge is 2.16. The average Bonchev–Trinajstić information content (AvgIpc) is 2.50. The predicted octanol–water partition coefficient (Wildman–Crippen LogP) is 1.47. The van der Waals surface area contributed by atoms with Gasteiger partial charge in [-0.25, -0.2) is 0 Å². The van der Waals surface area contributed by atoms with Gasteiger partial charge in [0.25, 0.3) is 0 Å². The van der Waals surface area contributed by atoms with E-state index in [0.717, 1.165) is 39.1 Å². The maximum atomic E-state index is 8.97. The van der Waals surface area contributed by atoms with Gasteiger partial charge in [0, 0.05) is 44.5 Å². The van der Waals surface area contributed by atoms with Crippen LogP contribution in [0.15, 0.2) is 24.3 Å². The van der Waals surface area contributed by atoms with Gasteiger partial charge in [-0.05, 0) is 31.2 Å². The van der Waals surface area contributed by atoms with Crippen LogP contribution >= 0.6 is 0 Å². The summed E-state index contributed by atoms with van der Waals surface area (Å²) in [5.74, 6) is 0. The molecule has 112 valence electrons. The van der Waals surface area contributed by atoms with E-state index in [0.29, 0.717) is 6.04 Å². The fourth-order valence-corrected chi connectivity index (χ4v) is 2.90. The van der Waals surface area contributed by atoms with Crippen LogP contribution in [-0.4, -0.2) is 56.4 Å². The summed E-state index contributed by atoms with van der Waals surface area (Å²) < 4.78 is 0. The molecule has 0 bridgehead atoms. The molecular formula is C16H27N3O. The van der Waals surface area contributed by atoms with E-state index in [1.165, 1.54) is 11.3 Å². The molecule has 1 saturated heterocycles. The Balaban J connectivity index is 1.94. The SMILES string of the molecule is CCC(NC)c1ccc(N2CCN(CCO)CC2)cc1. The summed E-state index contributed by atoms with van der Waals surface area (Å²) in [5.41, 5.74) is 2.67. The van der Waals surface area contributed by atoms with Crippen LogP contribution in [0.25, 0.3) is 0 Å². The molecule has 4 nitrogen and oxygen atoms in total. The van der Waals surface area contributed by atoms with Gasteiger partial charge in [-0.1, -0.05) is 19.1 Å². The zero-order chi connectivity index (χ0) is 14.4. The lowest BCUT2D eigenvalue weighted by Gasteiger charge is -2.36. The normalized spacial score (nSPS) is 18.2. The number of hydrogen-bond acceptors (Lipinski definition) is 4. The van der Waals surface area contributed by atoms with Gasteiger partial charge in [-0.2, -0.15) is 0 Å². The molecule has 1 unspecified atom stereocenters. The fraction of sp³-hybridized carbons (Fsp3) is 0.625. The summed E-state index contributed by atoms with van der Waals surface area (Å²) in [6.45, 7) is 7.43. The number of nitrogens with one attached hydrogen (secondary N) is 1. The molecule has 2 rings (SSSR count). The van der Waals surface area contributed by atoms with Crippen molar-refractivity contribution in [1.29, 1.82) is 0 Å². The molecule has 0 amide bonds. The van der Waals surface area contributed by atoms with Crippen molar-refractivity contribution < 1.29 is 5.11 Å². The Labute approximate surface area is 122 Å². The van der Waals surface area contributed by atoms with Crippen molar-refractivity contribution in [3.05, 3.63) is 29.8 Å². The highest BCUT2D eigenvalue weighted by Crippen LogP contribution is 2.21. The maximum absolute atomic E-state index is 8.97. The summed E-state index contributed by atoms with van der Waals surface area (Å²) in [7, 11) is 2.02. The summed E-state index contributed by atoms with van der Waals surface area (Å²) in [5, 5.41) is 12.3. The van der Waals surface area contributed by atoms with E-state index in [9.17, 15) is 0 Å². The molecule has 1 atom stereocenters. The molecular weight excluding hydrogens is 250 g/mol. The Morgan fingerprint density at radius 1 is 1.15 bits per heavy atom. The fourth-order valence-electron chi connectivity index (χ4n) is 2.90. The zero-order valence-electron chi connectivity index (χ0n) is 12.7. The lowest BCUT2D eigenvalue weighted by Crippen LogP contribution is -2.47. The minimum atomic E-state index is 0.261. The van der Waals surface area contributed by atoms with Crippen molar-refractivity contribution >= 4 is 5.69 Å². The second-order valence-electron chi connectivity index (χ2n) is 5.39. The van der Waals surface area contributed by atoms with Crippen molar-refractivity contribution in [1.82, 2.24) is 10.2 Å². The Hall–Kier alpha value is -1.10. The van der Waals surface area contributed by atoms with E-state index in [1.807, 2.05) is 7.05 Å². The van der Waals surface area contributed by atoms with Crippen LogP contribution in [0, 0.1) is 0 Å². The third kappa shape index (κ3) is 3.72. The van der Waals surface area contributed by atoms with Gasteiger partial charge in [0.15, 0.2) is 0 Å². The molecule has 0 radical (unpaired) electrons. The van der Waals surface area contributed by atoms with Gasteiger partial charge in [-0.15, -0.1) is 0 Å². The smallest absolute Gasteiger partial charge is 0.0558 e. The monoisotopic (exact) mass is 277 g/mol. The highest BCUT2D eigenvalue weighted by atomic mass is 16.3. The molecule has 2 N–H and O–H groups in total. The molecule has 0 saturated carbocycles. The number of aliphatic hydroxyl groups is 1. The molecule has 1 aliphatic rings. The van der Waals surface area contributed by atoms with Crippen LogP contribution in [0.2, 0.25) is 0 Å². The van der Waals surface area contributed by atoms with Crippen molar-refractivity contribution in [2.24, 2.45) is 0 Å². The second kappa shape index (κ2) is 7.62. The first-order valence-electron chi connectivity index (χ1n) is 7.64. The number of β-amino-alcohol motifs (C(OH)–C–C–N with tert-alkyl or cyclic N) is 1. The van der Waals surface area contributed by atoms with Crippen molar-refractivity contribution in [3.63, 3.8) is 0 Å². The topological polar surface area (TPSA) is 38.7 Å². The van der Waals surface area contributed by atoms with Crippen molar-refractivity contribution in [2.75, 3.05) is 51.3 Å². The first-order valence-corrected chi connectivity index (χ1v) is 7.64. The Kier molecular flexibility index (Phi) is 5.83. The molecule has 0 aliphatic carbocycles. The zero-order valence-corrected chi connectivity index (χ0v) is 12.7. The molecule has 4 heteroatoms. The minimum Gasteiger partial charge on any atom is -0.395 e. The third-order valence-electron chi connectivity index (χ3n) is 4.21. The first-order chi connectivity index (χ1) is 9.78. The van der Waals surface area contributed by atoms with Crippen molar-refractivity contribution in [3.8, 4) is 0 Å². The van der Waals surface area contributed by atoms with Gasteiger partial charge in [0.2, 0.25) is 0 Å². The standard InChI is InChI=1S/C16H27N3O/c1-3-16(17-2)14-4-6-15(7-5-14)19-10-8-18(9-11-19)12-13-20/h4-7,16-17,20H,3,8-13H2,1-2H3. The molecule has 1 aromatic carbocycles. The number of benzene rings is 1. The van der Waals surface area contributed by atoms with Gasteiger partial charge in [0.1, 0.15) is 0 Å². The molecule has 0 spiro atoms. The number of hydrogen-bond donors (Lipinski definition) is 2. The van der Waals surface area contributed by atoms with Gasteiger partial charge >= 0.3 is 0 Å². The third-order valence-corrected chi connectivity index (χ3v) is 4.21. The average molecular weight is 277 g/mol. The molecule has 20 heavy (non-hydrogen) atoms. The van der Waals surface area contributed by atoms with Crippen LogP contribution in [0.3, 0.4) is 0 Å². The molecule has 1 fully saturated rings. The Bertz CT molecular complexity index is 381. The number of nitrogens with zero attached hydrogens (tertiary/aromatic N) is 2. The molecule has 0 aromatic heterocycles. The molecule has 1 aromatic rings. The maximum Gasteiger partial charge on any atom is 0.0558 e. The summed E-state index contributed by atoms with van der Waals surface area (Å²) >= 11 is 0. The van der Waals surface area contributed by atoms with E-state index in [-0.39, 0.29) is 6.61 Å². The van der Waals surface area contributed by atoms with E-state index in [2.05, 4.69) is 46.3 Å². The molecule has 1 heterocycles. The second-order valence-corrected chi connectivity index (χ2v) is 5.39. The van der Waals surface area contributed by atoms with Crippen LogP contribution in [0.1, 0.15) is 24.9 Å². The van der Waals surface area contributed by atoms with Crippen LogP contribution in [0.5, 0.6) is 0 Å². The minimum absolute atomic E-state index is 0.261. The lowest BCUT2D eigenvalue weighted by molar-refractivity contribution is 0.189. The van der Waals surface area contributed by atoms with Crippen LogP contribution in [0.4, 0.5) is 5.69 Å². The first kappa shape index (κ1) is 15.3. The van der Waals surface area contributed by atoms with Crippen LogP contribution < -0.4 is 10.2 Å². The predicted molar refractivity (Wildman–Crippen MR) is 84.3 cm³/mol. The number of rotatable bonds is 6. The number of anilines is 1. The van der Waals surface area contributed by atoms with Gasteiger partial charge in [-0.3, -0.25) is 4.90 Å². The Morgan fingerprint density at radius 2 is 1.80 bits per heavy atom. The van der Waals surface area contributed by atoms with Gasteiger partial charge < -0.3 is 15.3 Å². The summed E-state index contributed by atoms with van der Waals surface area (Å²) in [6.07, 6.45) is 1.11. The van der Waals surface area contributed by atoms with E-state index >= 15 is 0 Å². The summed E-state index contributed by atoms with van der Waals surface area (Å²) in [4.78, 5) is 4.75. The van der Waals surface area contributed by atoms with Crippen molar-refractivity contribution in [2.45, 2.75) is 19.4 Å².